The molecule has 1 aromatic carbocycles. The summed E-state index contributed by atoms with van der Waals surface area (Å²) in [6.45, 7) is 0.608. The molecule has 0 spiro atoms. The van der Waals surface area contributed by atoms with E-state index in [0.29, 0.717) is 13.0 Å². The number of carbonyl (C=O) groups is 3. The van der Waals surface area contributed by atoms with Crippen molar-refractivity contribution in [3.8, 4) is 0 Å². The number of rotatable bonds is 3. The van der Waals surface area contributed by atoms with E-state index in [9.17, 15) is 14.4 Å². The Labute approximate surface area is 116 Å². The molecule has 2 rings (SSSR count). The predicted octanol–water partition coefficient (Wildman–Crippen LogP) is 0.783. The van der Waals surface area contributed by atoms with Gasteiger partial charge in [0.25, 0.3) is 5.91 Å². The molecule has 1 fully saturated rings. The Hall–Kier alpha value is -2.37. The van der Waals surface area contributed by atoms with Crippen molar-refractivity contribution in [3.63, 3.8) is 0 Å². The van der Waals surface area contributed by atoms with Crippen LogP contribution in [0.15, 0.2) is 24.3 Å². The SMILES string of the molecule is O=C(O)c1ccccc1C(=O)N[C@@H]1CCCCNC1=O. The van der Waals surface area contributed by atoms with E-state index in [4.69, 9.17) is 5.11 Å². The Morgan fingerprint density at radius 1 is 1.20 bits per heavy atom. The first-order chi connectivity index (χ1) is 9.59. The molecule has 2 amide bonds. The molecule has 1 aliphatic heterocycles. The van der Waals surface area contributed by atoms with Crippen LogP contribution in [0.1, 0.15) is 40.0 Å². The van der Waals surface area contributed by atoms with Gasteiger partial charge in [0.15, 0.2) is 0 Å². The van der Waals surface area contributed by atoms with Gasteiger partial charge in [-0.05, 0) is 31.4 Å². The van der Waals surface area contributed by atoms with E-state index in [-0.39, 0.29) is 17.0 Å². The Balaban J connectivity index is 2.15. The van der Waals surface area contributed by atoms with Crippen molar-refractivity contribution in [1.82, 2.24) is 10.6 Å². The molecule has 6 heteroatoms. The van der Waals surface area contributed by atoms with Crippen LogP contribution in [0.3, 0.4) is 0 Å². The van der Waals surface area contributed by atoms with Crippen LogP contribution < -0.4 is 10.6 Å². The number of carboxylic acid groups (broad SMARTS) is 1. The van der Waals surface area contributed by atoms with E-state index in [0.717, 1.165) is 12.8 Å². The highest BCUT2D eigenvalue weighted by Gasteiger charge is 2.24. The number of amides is 2. The lowest BCUT2D eigenvalue weighted by Crippen LogP contribution is -2.45. The highest BCUT2D eigenvalue weighted by molar-refractivity contribution is 6.05. The van der Waals surface area contributed by atoms with E-state index < -0.39 is 17.9 Å². The quantitative estimate of drug-likeness (QED) is 0.760. The molecular formula is C14H16N2O4. The second kappa shape index (κ2) is 6.18. The molecule has 0 bridgehead atoms. The molecule has 1 heterocycles. The second-order valence-corrected chi connectivity index (χ2v) is 4.66. The van der Waals surface area contributed by atoms with Gasteiger partial charge in [0, 0.05) is 6.54 Å². The Morgan fingerprint density at radius 2 is 1.90 bits per heavy atom. The maximum Gasteiger partial charge on any atom is 0.336 e. The fourth-order valence-electron chi connectivity index (χ4n) is 2.18. The summed E-state index contributed by atoms with van der Waals surface area (Å²) >= 11 is 0. The van der Waals surface area contributed by atoms with Gasteiger partial charge in [0.2, 0.25) is 5.91 Å². The zero-order chi connectivity index (χ0) is 14.5. The highest BCUT2D eigenvalue weighted by atomic mass is 16.4. The first kappa shape index (κ1) is 14.0. The normalized spacial score (nSPS) is 18.8. The molecule has 0 saturated carbocycles. The van der Waals surface area contributed by atoms with E-state index in [2.05, 4.69) is 10.6 Å². The van der Waals surface area contributed by atoms with Crippen molar-refractivity contribution in [2.24, 2.45) is 0 Å². The zero-order valence-electron chi connectivity index (χ0n) is 10.9. The third-order valence-electron chi connectivity index (χ3n) is 3.24. The standard InChI is InChI=1S/C14H16N2O4/c17-12(9-5-1-2-6-10(9)14(19)20)16-11-7-3-4-8-15-13(11)18/h1-2,5-6,11H,3-4,7-8H2,(H,15,18)(H,16,17)(H,19,20)/t11-/m1/s1. The molecule has 20 heavy (non-hydrogen) atoms. The monoisotopic (exact) mass is 276 g/mol. The smallest absolute Gasteiger partial charge is 0.336 e. The molecule has 106 valence electrons. The first-order valence-electron chi connectivity index (χ1n) is 6.50. The van der Waals surface area contributed by atoms with Crippen LogP contribution in [0.5, 0.6) is 0 Å². The second-order valence-electron chi connectivity index (χ2n) is 4.66. The highest BCUT2D eigenvalue weighted by Crippen LogP contribution is 2.11. The lowest BCUT2D eigenvalue weighted by Gasteiger charge is -2.15. The minimum absolute atomic E-state index is 0.0667. The van der Waals surface area contributed by atoms with Crippen LogP contribution in [-0.2, 0) is 4.79 Å². The summed E-state index contributed by atoms with van der Waals surface area (Å²) in [7, 11) is 0. The summed E-state index contributed by atoms with van der Waals surface area (Å²) in [5.74, 6) is -1.92. The molecule has 1 atom stereocenters. The van der Waals surface area contributed by atoms with Crippen molar-refractivity contribution < 1.29 is 19.5 Å². The number of carboxylic acids is 1. The molecule has 0 radical (unpaired) electrons. The Kier molecular flexibility index (Phi) is 4.34. The Bertz CT molecular complexity index is 542. The van der Waals surface area contributed by atoms with Gasteiger partial charge in [-0.25, -0.2) is 4.79 Å². The van der Waals surface area contributed by atoms with E-state index in [1.807, 2.05) is 0 Å². The maximum atomic E-state index is 12.1. The van der Waals surface area contributed by atoms with E-state index >= 15 is 0 Å². The van der Waals surface area contributed by atoms with Crippen LogP contribution in [0.4, 0.5) is 0 Å². The van der Waals surface area contributed by atoms with Crippen molar-refractivity contribution in [3.05, 3.63) is 35.4 Å². The number of nitrogens with one attached hydrogen (secondary N) is 2. The first-order valence-corrected chi connectivity index (χ1v) is 6.50. The molecule has 6 nitrogen and oxygen atoms in total. The van der Waals surface area contributed by atoms with Crippen LogP contribution in [0.2, 0.25) is 0 Å². The summed E-state index contributed by atoms with van der Waals surface area (Å²) in [4.78, 5) is 35.0. The van der Waals surface area contributed by atoms with Gasteiger partial charge in [-0.15, -0.1) is 0 Å². The van der Waals surface area contributed by atoms with Crippen LogP contribution in [0.25, 0.3) is 0 Å². The molecular weight excluding hydrogens is 260 g/mol. The molecule has 1 aromatic rings. The number of hydrogen-bond acceptors (Lipinski definition) is 3. The number of hydrogen-bond donors (Lipinski definition) is 3. The number of benzene rings is 1. The van der Waals surface area contributed by atoms with Gasteiger partial charge in [0.1, 0.15) is 6.04 Å². The average Bonchev–Trinajstić information content (AvgIpc) is 2.64. The summed E-state index contributed by atoms with van der Waals surface area (Å²) in [6, 6.07) is 5.34. The molecule has 1 aliphatic rings. The van der Waals surface area contributed by atoms with Gasteiger partial charge >= 0.3 is 5.97 Å². The molecule has 0 aliphatic carbocycles. The van der Waals surface area contributed by atoms with E-state index in [1.54, 1.807) is 12.1 Å². The molecule has 0 unspecified atom stereocenters. The maximum absolute atomic E-state index is 12.1. The van der Waals surface area contributed by atoms with Crippen LogP contribution in [-0.4, -0.2) is 35.5 Å². The topological polar surface area (TPSA) is 95.5 Å². The summed E-state index contributed by atoms with van der Waals surface area (Å²) in [6.07, 6.45) is 2.28. The summed E-state index contributed by atoms with van der Waals surface area (Å²) in [5.41, 5.74) is -0.00363. The average molecular weight is 276 g/mol. The van der Waals surface area contributed by atoms with Gasteiger partial charge in [-0.3, -0.25) is 9.59 Å². The van der Waals surface area contributed by atoms with Gasteiger partial charge in [-0.1, -0.05) is 12.1 Å². The van der Waals surface area contributed by atoms with Crippen molar-refractivity contribution in [1.29, 1.82) is 0 Å². The minimum Gasteiger partial charge on any atom is -0.478 e. The van der Waals surface area contributed by atoms with Crippen molar-refractivity contribution in [2.75, 3.05) is 6.54 Å². The minimum atomic E-state index is -1.17. The fraction of sp³-hybridized carbons (Fsp3) is 0.357. The number of aromatic carboxylic acids is 1. The van der Waals surface area contributed by atoms with Crippen LogP contribution >= 0.6 is 0 Å². The largest absolute Gasteiger partial charge is 0.478 e. The fourth-order valence-corrected chi connectivity index (χ4v) is 2.18. The summed E-state index contributed by atoms with van der Waals surface area (Å²) in [5, 5.41) is 14.4. The van der Waals surface area contributed by atoms with Crippen molar-refractivity contribution in [2.45, 2.75) is 25.3 Å². The van der Waals surface area contributed by atoms with Crippen molar-refractivity contribution >= 4 is 17.8 Å². The third-order valence-corrected chi connectivity index (χ3v) is 3.24. The van der Waals surface area contributed by atoms with Crippen LogP contribution in [0, 0.1) is 0 Å². The molecule has 1 saturated heterocycles. The third kappa shape index (κ3) is 3.14. The van der Waals surface area contributed by atoms with E-state index in [1.165, 1.54) is 12.1 Å². The Morgan fingerprint density at radius 3 is 2.60 bits per heavy atom. The predicted molar refractivity (Wildman–Crippen MR) is 71.5 cm³/mol. The van der Waals surface area contributed by atoms with Gasteiger partial charge < -0.3 is 15.7 Å². The lowest BCUT2D eigenvalue weighted by molar-refractivity contribution is -0.122. The molecule has 0 aromatic heterocycles. The molecule has 3 N–H and O–H groups in total. The summed E-state index contributed by atoms with van der Waals surface area (Å²) < 4.78 is 0. The van der Waals surface area contributed by atoms with Gasteiger partial charge in [-0.2, -0.15) is 0 Å². The zero-order valence-corrected chi connectivity index (χ0v) is 10.9. The lowest BCUT2D eigenvalue weighted by atomic mass is 10.1. The number of carbonyl (C=O) groups excluding carboxylic acids is 2. The van der Waals surface area contributed by atoms with Gasteiger partial charge in [0.05, 0.1) is 11.1 Å².